The van der Waals surface area contributed by atoms with Crippen molar-refractivity contribution >= 4 is 32.5 Å². The molecule has 0 saturated carbocycles. The van der Waals surface area contributed by atoms with Gasteiger partial charge in [-0.15, -0.1) is 0 Å². The van der Waals surface area contributed by atoms with Crippen molar-refractivity contribution < 1.29 is 4.74 Å². The Balaban J connectivity index is 2.07. The molecule has 0 aliphatic rings. The minimum atomic E-state index is 0.816. The molecule has 2 rings (SSSR count). The van der Waals surface area contributed by atoms with Crippen molar-refractivity contribution in [1.29, 1.82) is 0 Å². The SMILES string of the molecule is COCCCCNc1nccc2c(Br)cccc12. The van der Waals surface area contributed by atoms with E-state index < -0.39 is 0 Å². The van der Waals surface area contributed by atoms with Gasteiger partial charge in [-0.1, -0.05) is 28.1 Å². The van der Waals surface area contributed by atoms with Gasteiger partial charge >= 0.3 is 0 Å². The average molecular weight is 309 g/mol. The minimum Gasteiger partial charge on any atom is -0.385 e. The summed E-state index contributed by atoms with van der Waals surface area (Å²) in [6.45, 7) is 1.73. The van der Waals surface area contributed by atoms with E-state index in [9.17, 15) is 0 Å². The average Bonchev–Trinajstić information content (AvgIpc) is 2.39. The number of aromatic nitrogens is 1. The zero-order valence-electron chi connectivity index (χ0n) is 10.4. The Morgan fingerprint density at radius 2 is 2.11 bits per heavy atom. The lowest BCUT2D eigenvalue weighted by Gasteiger charge is -2.09. The second kappa shape index (κ2) is 6.71. The maximum absolute atomic E-state index is 5.03. The number of hydrogen-bond acceptors (Lipinski definition) is 3. The van der Waals surface area contributed by atoms with E-state index >= 15 is 0 Å². The largest absolute Gasteiger partial charge is 0.385 e. The summed E-state index contributed by atoms with van der Waals surface area (Å²) in [7, 11) is 1.73. The number of rotatable bonds is 6. The van der Waals surface area contributed by atoms with Gasteiger partial charge in [0.05, 0.1) is 0 Å². The van der Waals surface area contributed by atoms with Crippen LogP contribution in [0.4, 0.5) is 5.82 Å². The molecule has 96 valence electrons. The van der Waals surface area contributed by atoms with Gasteiger partial charge in [0.15, 0.2) is 0 Å². The summed E-state index contributed by atoms with van der Waals surface area (Å²) in [6, 6.07) is 8.19. The number of pyridine rings is 1. The van der Waals surface area contributed by atoms with Crippen LogP contribution in [0.15, 0.2) is 34.9 Å². The fourth-order valence-corrected chi connectivity index (χ4v) is 2.39. The fourth-order valence-electron chi connectivity index (χ4n) is 1.89. The molecule has 0 amide bonds. The number of unbranched alkanes of at least 4 members (excludes halogenated alkanes) is 1. The van der Waals surface area contributed by atoms with Gasteiger partial charge in [-0.05, 0) is 25.0 Å². The summed E-state index contributed by atoms with van der Waals surface area (Å²) in [5, 5.41) is 5.72. The van der Waals surface area contributed by atoms with Crippen molar-refractivity contribution in [1.82, 2.24) is 4.98 Å². The molecule has 1 N–H and O–H groups in total. The van der Waals surface area contributed by atoms with E-state index in [-0.39, 0.29) is 0 Å². The molecule has 1 aromatic carbocycles. The molecule has 18 heavy (non-hydrogen) atoms. The highest BCUT2D eigenvalue weighted by molar-refractivity contribution is 9.10. The molecule has 0 saturated heterocycles. The highest BCUT2D eigenvalue weighted by Crippen LogP contribution is 2.27. The number of hydrogen-bond donors (Lipinski definition) is 1. The van der Waals surface area contributed by atoms with Crippen LogP contribution in [0.5, 0.6) is 0 Å². The van der Waals surface area contributed by atoms with Gasteiger partial charge in [0.25, 0.3) is 0 Å². The maximum Gasteiger partial charge on any atom is 0.133 e. The third-order valence-corrected chi connectivity index (χ3v) is 3.51. The summed E-state index contributed by atoms with van der Waals surface area (Å²) in [6.07, 6.45) is 3.99. The minimum absolute atomic E-state index is 0.816. The Morgan fingerprint density at radius 3 is 2.94 bits per heavy atom. The number of fused-ring (bicyclic) bond motifs is 1. The van der Waals surface area contributed by atoms with Crippen LogP contribution in [0.3, 0.4) is 0 Å². The third-order valence-electron chi connectivity index (χ3n) is 2.82. The standard InChI is InChI=1S/C14H17BrN2O/c1-18-10-3-2-8-16-14-12-5-4-6-13(15)11(12)7-9-17-14/h4-7,9H,2-3,8,10H2,1H3,(H,16,17). The highest BCUT2D eigenvalue weighted by Gasteiger charge is 2.03. The van der Waals surface area contributed by atoms with E-state index in [4.69, 9.17) is 4.74 Å². The predicted octanol–water partition coefficient (Wildman–Crippen LogP) is 3.84. The van der Waals surface area contributed by atoms with E-state index in [0.717, 1.165) is 41.7 Å². The van der Waals surface area contributed by atoms with Crippen molar-refractivity contribution in [2.45, 2.75) is 12.8 Å². The molecule has 0 aliphatic heterocycles. The summed E-state index contributed by atoms with van der Waals surface area (Å²) in [4.78, 5) is 4.40. The molecule has 0 aliphatic carbocycles. The predicted molar refractivity (Wildman–Crippen MR) is 79.0 cm³/mol. The molecular weight excluding hydrogens is 292 g/mol. The molecule has 2 aromatic rings. The topological polar surface area (TPSA) is 34.1 Å². The van der Waals surface area contributed by atoms with Crippen LogP contribution in [-0.4, -0.2) is 25.2 Å². The molecule has 0 bridgehead atoms. The van der Waals surface area contributed by atoms with E-state index in [1.54, 1.807) is 7.11 Å². The molecule has 4 heteroatoms. The van der Waals surface area contributed by atoms with Crippen molar-refractivity contribution in [3.8, 4) is 0 Å². The van der Waals surface area contributed by atoms with Gasteiger partial charge in [0, 0.05) is 41.7 Å². The molecule has 0 spiro atoms. The van der Waals surface area contributed by atoms with Crippen LogP contribution in [0.25, 0.3) is 10.8 Å². The smallest absolute Gasteiger partial charge is 0.133 e. The van der Waals surface area contributed by atoms with Gasteiger partial charge in [-0.2, -0.15) is 0 Å². The second-order valence-electron chi connectivity index (χ2n) is 4.12. The first-order chi connectivity index (χ1) is 8.83. The normalized spacial score (nSPS) is 10.8. The molecule has 1 aromatic heterocycles. The van der Waals surface area contributed by atoms with Crippen molar-refractivity contribution in [2.24, 2.45) is 0 Å². The van der Waals surface area contributed by atoms with E-state index in [1.807, 2.05) is 24.4 Å². The molecule has 0 unspecified atom stereocenters. The first-order valence-electron chi connectivity index (χ1n) is 6.09. The number of benzene rings is 1. The number of anilines is 1. The molecule has 0 atom stereocenters. The molecule has 0 radical (unpaired) electrons. The van der Waals surface area contributed by atoms with E-state index in [1.165, 1.54) is 5.39 Å². The number of ether oxygens (including phenoxy) is 1. The summed E-state index contributed by atoms with van der Waals surface area (Å²) in [5.41, 5.74) is 0. The first kappa shape index (κ1) is 13.3. The third kappa shape index (κ3) is 3.21. The summed E-state index contributed by atoms with van der Waals surface area (Å²) in [5.74, 6) is 0.950. The molecular formula is C14H17BrN2O. The number of methoxy groups -OCH3 is 1. The zero-order chi connectivity index (χ0) is 12.8. The fraction of sp³-hybridized carbons (Fsp3) is 0.357. The Morgan fingerprint density at radius 1 is 1.22 bits per heavy atom. The Labute approximate surface area is 116 Å². The Bertz CT molecular complexity index is 516. The first-order valence-corrected chi connectivity index (χ1v) is 6.88. The van der Waals surface area contributed by atoms with Gasteiger partial charge < -0.3 is 10.1 Å². The van der Waals surface area contributed by atoms with Crippen molar-refractivity contribution in [3.63, 3.8) is 0 Å². The van der Waals surface area contributed by atoms with Crippen LogP contribution in [0.1, 0.15) is 12.8 Å². The lowest BCUT2D eigenvalue weighted by molar-refractivity contribution is 0.194. The Hall–Kier alpha value is -1.13. The quantitative estimate of drug-likeness (QED) is 0.823. The molecule has 0 fully saturated rings. The number of nitrogens with zero attached hydrogens (tertiary/aromatic N) is 1. The van der Waals surface area contributed by atoms with Crippen LogP contribution in [0.2, 0.25) is 0 Å². The van der Waals surface area contributed by atoms with Crippen LogP contribution >= 0.6 is 15.9 Å². The van der Waals surface area contributed by atoms with Gasteiger partial charge in [-0.25, -0.2) is 4.98 Å². The summed E-state index contributed by atoms with van der Waals surface area (Å²) >= 11 is 3.56. The monoisotopic (exact) mass is 308 g/mol. The van der Waals surface area contributed by atoms with Crippen LogP contribution in [0, 0.1) is 0 Å². The highest BCUT2D eigenvalue weighted by atomic mass is 79.9. The van der Waals surface area contributed by atoms with Crippen molar-refractivity contribution in [3.05, 3.63) is 34.9 Å². The van der Waals surface area contributed by atoms with E-state index in [2.05, 4.69) is 32.3 Å². The van der Waals surface area contributed by atoms with Gasteiger partial charge in [-0.3, -0.25) is 0 Å². The lowest BCUT2D eigenvalue weighted by Crippen LogP contribution is -2.05. The van der Waals surface area contributed by atoms with Gasteiger partial charge in [0.1, 0.15) is 5.82 Å². The van der Waals surface area contributed by atoms with Crippen molar-refractivity contribution in [2.75, 3.05) is 25.6 Å². The second-order valence-corrected chi connectivity index (χ2v) is 4.98. The van der Waals surface area contributed by atoms with E-state index in [0.29, 0.717) is 0 Å². The molecule has 3 nitrogen and oxygen atoms in total. The molecule has 1 heterocycles. The Kier molecular flexibility index (Phi) is 4.96. The van der Waals surface area contributed by atoms with Gasteiger partial charge in [0.2, 0.25) is 0 Å². The van der Waals surface area contributed by atoms with Crippen LogP contribution < -0.4 is 5.32 Å². The maximum atomic E-state index is 5.03. The zero-order valence-corrected chi connectivity index (χ0v) is 12.0. The number of halogens is 1. The summed E-state index contributed by atoms with van der Waals surface area (Å²) < 4.78 is 6.13. The number of nitrogens with one attached hydrogen (secondary N) is 1. The lowest BCUT2D eigenvalue weighted by atomic mass is 10.1. The van der Waals surface area contributed by atoms with Crippen LogP contribution in [-0.2, 0) is 4.74 Å².